The highest BCUT2D eigenvalue weighted by molar-refractivity contribution is 5.69. The highest BCUT2D eigenvalue weighted by atomic mass is 17.1. The summed E-state index contributed by atoms with van der Waals surface area (Å²) in [5.41, 5.74) is -0.611. The van der Waals surface area contributed by atoms with Crippen LogP contribution in [-0.4, -0.2) is 29.6 Å². The molecule has 0 spiro atoms. The zero-order valence-electron chi connectivity index (χ0n) is 12.5. The summed E-state index contributed by atoms with van der Waals surface area (Å²) >= 11 is 0. The summed E-state index contributed by atoms with van der Waals surface area (Å²) in [6.45, 7) is 9.46. The summed E-state index contributed by atoms with van der Waals surface area (Å²) in [5.74, 6) is -0.0593. The average molecular weight is 278 g/mol. The molecule has 0 bridgehead atoms. The Morgan fingerprint density at radius 1 is 1.11 bits per heavy atom. The Morgan fingerprint density at radius 2 is 1.68 bits per heavy atom. The van der Waals surface area contributed by atoms with Gasteiger partial charge in [0.2, 0.25) is 0 Å². The second-order valence-corrected chi connectivity index (χ2v) is 4.82. The molecular formula is C13H26O6. The van der Waals surface area contributed by atoms with E-state index in [4.69, 9.17) is 9.99 Å². The van der Waals surface area contributed by atoms with Gasteiger partial charge >= 0.3 is 12.1 Å². The van der Waals surface area contributed by atoms with Gasteiger partial charge in [-0.3, -0.25) is 9.68 Å². The standard InChI is InChI=1S/C8H16O2.C5H10O4/c1-3-5-6-7-8(9)10-4-2;1-5(2,3)8-4(6)9-7/h3-7H2,1-2H3;7H,1-3H3. The zero-order chi connectivity index (χ0) is 15.3. The minimum absolute atomic E-state index is 0.0593. The summed E-state index contributed by atoms with van der Waals surface area (Å²) in [6.07, 6.45) is 2.75. The van der Waals surface area contributed by atoms with Gasteiger partial charge in [-0.05, 0) is 34.1 Å². The lowest BCUT2D eigenvalue weighted by atomic mass is 10.2. The fourth-order valence-electron chi connectivity index (χ4n) is 1.02. The molecule has 0 radical (unpaired) electrons. The minimum atomic E-state index is -1.08. The minimum Gasteiger partial charge on any atom is -0.466 e. The molecule has 19 heavy (non-hydrogen) atoms. The van der Waals surface area contributed by atoms with Gasteiger partial charge in [0, 0.05) is 6.42 Å². The normalized spacial score (nSPS) is 10.0. The predicted molar refractivity (Wildman–Crippen MR) is 70.7 cm³/mol. The molecule has 0 atom stereocenters. The number of unbranched alkanes of at least 4 members (excludes halogenated alkanes) is 2. The first kappa shape index (κ1) is 20.0. The Kier molecular flexibility index (Phi) is 12.4. The SMILES string of the molecule is CC(C)(C)OC(=O)OO.CCCCCC(=O)OCC. The van der Waals surface area contributed by atoms with E-state index in [2.05, 4.69) is 16.5 Å². The van der Waals surface area contributed by atoms with Crippen LogP contribution in [0.25, 0.3) is 0 Å². The topological polar surface area (TPSA) is 82.1 Å². The van der Waals surface area contributed by atoms with E-state index >= 15 is 0 Å². The Balaban J connectivity index is 0. The molecule has 0 rings (SSSR count). The van der Waals surface area contributed by atoms with E-state index in [1.165, 1.54) is 0 Å². The van der Waals surface area contributed by atoms with Gasteiger partial charge in [0.1, 0.15) is 5.60 Å². The van der Waals surface area contributed by atoms with E-state index in [1.54, 1.807) is 20.8 Å². The van der Waals surface area contributed by atoms with Crippen LogP contribution < -0.4 is 0 Å². The van der Waals surface area contributed by atoms with Crippen molar-refractivity contribution >= 4 is 12.1 Å². The van der Waals surface area contributed by atoms with Crippen molar-refractivity contribution in [3.05, 3.63) is 0 Å². The van der Waals surface area contributed by atoms with Crippen LogP contribution >= 0.6 is 0 Å². The van der Waals surface area contributed by atoms with Gasteiger partial charge in [-0.1, -0.05) is 19.8 Å². The lowest BCUT2D eigenvalue weighted by Crippen LogP contribution is -2.23. The monoisotopic (exact) mass is 278 g/mol. The van der Waals surface area contributed by atoms with Gasteiger partial charge in [-0.25, -0.2) is 4.79 Å². The smallest absolute Gasteiger partial charge is 0.466 e. The molecule has 6 heteroatoms. The number of esters is 1. The van der Waals surface area contributed by atoms with Gasteiger partial charge in [0.15, 0.2) is 0 Å². The maximum Gasteiger partial charge on any atom is 0.540 e. The summed E-state index contributed by atoms with van der Waals surface area (Å²) in [6, 6.07) is 0. The maximum absolute atomic E-state index is 10.7. The zero-order valence-corrected chi connectivity index (χ0v) is 12.5. The number of hydrogen-bond acceptors (Lipinski definition) is 6. The quantitative estimate of drug-likeness (QED) is 0.358. The number of carbonyl (C=O) groups is 2. The van der Waals surface area contributed by atoms with Crippen LogP contribution in [0.15, 0.2) is 0 Å². The molecular weight excluding hydrogens is 252 g/mol. The van der Waals surface area contributed by atoms with Crippen molar-refractivity contribution in [2.24, 2.45) is 0 Å². The molecule has 6 nitrogen and oxygen atoms in total. The molecule has 0 unspecified atom stereocenters. The van der Waals surface area contributed by atoms with Crippen molar-refractivity contribution in [1.29, 1.82) is 0 Å². The van der Waals surface area contributed by atoms with Gasteiger partial charge in [-0.2, -0.15) is 5.26 Å². The largest absolute Gasteiger partial charge is 0.540 e. The molecule has 0 aromatic rings. The van der Waals surface area contributed by atoms with Gasteiger partial charge in [0.25, 0.3) is 0 Å². The highest BCUT2D eigenvalue weighted by Gasteiger charge is 2.16. The van der Waals surface area contributed by atoms with Gasteiger partial charge in [0.05, 0.1) is 6.61 Å². The maximum atomic E-state index is 10.7. The third-order valence-electron chi connectivity index (χ3n) is 1.75. The second kappa shape index (κ2) is 11.8. The van der Waals surface area contributed by atoms with Gasteiger partial charge in [-0.15, -0.1) is 0 Å². The molecule has 0 aromatic carbocycles. The van der Waals surface area contributed by atoms with E-state index in [0.717, 1.165) is 19.3 Å². The van der Waals surface area contributed by atoms with Crippen LogP contribution in [0.1, 0.15) is 60.3 Å². The van der Waals surface area contributed by atoms with Crippen LogP contribution in [0.2, 0.25) is 0 Å². The first-order valence-electron chi connectivity index (χ1n) is 6.46. The van der Waals surface area contributed by atoms with Crippen molar-refractivity contribution in [2.75, 3.05) is 6.61 Å². The molecule has 0 aliphatic carbocycles. The molecule has 114 valence electrons. The molecule has 0 amide bonds. The van der Waals surface area contributed by atoms with E-state index in [-0.39, 0.29) is 5.97 Å². The Hall–Kier alpha value is -1.30. The first-order valence-corrected chi connectivity index (χ1v) is 6.46. The lowest BCUT2D eigenvalue weighted by molar-refractivity contribution is -0.210. The van der Waals surface area contributed by atoms with E-state index < -0.39 is 11.8 Å². The summed E-state index contributed by atoms with van der Waals surface area (Å²) in [5, 5.41) is 7.72. The highest BCUT2D eigenvalue weighted by Crippen LogP contribution is 2.06. The number of hydrogen-bond donors (Lipinski definition) is 1. The summed E-state index contributed by atoms with van der Waals surface area (Å²) < 4.78 is 9.23. The van der Waals surface area contributed by atoms with Crippen LogP contribution in [0.3, 0.4) is 0 Å². The summed E-state index contributed by atoms with van der Waals surface area (Å²) in [4.78, 5) is 24.1. The van der Waals surface area contributed by atoms with E-state index in [0.29, 0.717) is 13.0 Å². The molecule has 0 saturated carbocycles. The first-order chi connectivity index (χ1) is 8.76. The van der Waals surface area contributed by atoms with Crippen molar-refractivity contribution < 1.29 is 29.2 Å². The fourth-order valence-corrected chi connectivity index (χ4v) is 1.02. The van der Waals surface area contributed by atoms with Crippen LogP contribution in [0.4, 0.5) is 4.79 Å². The third-order valence-corrected chi connectivity index (χ3v) is 1.75. The predicted octanol–water partition coefficient (Wildman–Crippen LogP) is 3.54. The molecule has 0 aromatic heterocycles. The fraction of sp³-hybridized carbons (Fsp3) is 0.846. The Bertz CT molecular complexity index is 244. The molecule has 0 aliphatic rings. The molecule has 1 N–H and O–H groups in total. The van der Waals surface area contributed by atoms with E-state index in [9.17, 15) is 9.59 Å². The van der Waals surface area contributed by atoms with Crippen molar-refractivity contribution in [3.63, 3.8) is 0 Å². The number of carbonyl (C=O) groups excluding carboxylic acids is 2. The molecule has 0 aliphatic heterocycles. The third kappa shape index (κ3) is 19.2. The average Bonchev–Trinajstić information content (AvgIpc) is 2.28. The molecule has 0 saturated heterocycles. The Morgan fingerprint density at radius 3 is 2.00 bits per heavy atom. The van der Waals surface area contributed by atoms with Crippen LogP contribution in [0.5, 0.6) is 0 Å². The van der Waals surface area contributed by atoms with Crippen molar-refractivity contribution in [3.8, 4) is 0 Å². The van der Waals surface area contributed by atoms with Crippen molar-refractivity contribution in [1.82, 2.24) is 0 Å². The molecule has 0 heterocycles. The number of rotatable bonds is 5. The van der Waals surface area contributed by atoms with E-state index in [1.807, 2.05) is 6.92 Å². The van der Waals surface area contributed by atoms with Crippen LogP contribution in [0, 0.1) is 0 Å². The van der Waals surface area contributed by atoms with Crippen LogP contribution in [-0.2, 0) is 19.2 Å². The molecule has 0 fully saturated rings. The Labute approximate surface area is 115 Å². The lowest BCUT2D eigenvalue weighted by Gasteiger charge is -2.16. The van der Waals surface area contributed by atoms with Gasteiger partial charge < -0.3 is 9.47 Å². The second-order valence-electron chi connectivity index (χ2n) is 4.82. The number of ether oxygens (including phenoxy) is 2. The van der Waals surface area contributed by atoms with Crippen molar-refractivity contribution in [2.45, 2.75) is 65.9 Å². The summed E-state index contributed by atoms with van der Waals surface area (Å²) in [7, 11) is 0.